The van der Waals surface area contributed by atoms with Gasteiger partial charge >= 0.3 is 0 Å². The van der Waals surface area contributed by atoms with E-state index in [1.807, 2.05) is 0 Å². The molecule has 1 N–H and O–H groups in total. The number of hydrogen-bond acceptors (Lipinski definition) is 2. The minimum Gasteiger partial charge on any atom is -0.313 e. The summed E-state index contributed by atoms with van der Waals surface area (Å²) in [5.74, 6) is 0. The molecule has 0 unspecified atom stereocenters. The Bertz CT molecular complexity index is 331. The van der Waals surface area contributed by atoms with Crippen molar-refractivity contribution in [3.8, 4) is 0 Å². The molecule has 1 aliphatic rings. The van der Waals surface area contributed by atoms with E-state index in [4.69, 9.17) is 0 Å². The first-order valence-electron chi connectivity index (χ1n) is 6.85. The largest absolute Gasteiger partial charge is 0.313 e. The zero-order valence-electron chi connectivity index (χ0n) is 10.7. The van der Waals surface area contributed by atoms with Crippen molar-refractivity contribution in [1.29, 1.82) is 0 Å². The molecule has 0 bridgehead atoms. The molecule has 0 atom stereocenters. The molecule has 94 valence electrons. The zero-order chi connectivity index (χ0) is 11.9. The molecule has 0 aliphatic heterocycles. The van der Waals surface area contributed by atoms with Crippen LogP contribution in [-0.2, 0) is 6.54 Å². The van der Waals surface area contributed by atoms with E-state index in [0.717, 1.165) is 18.3 Å². The minimum atomic E-state index is 0.853. The summed E-state index contributed by atoms with van der Waals surface area (Å²) in [6.07, 6.45) is 7.09. The third-order valence-corrected chi connectivity index (χ3v) is 4.84. The van der Waals surface area contributed by atoms with Crippen LogP contribution in [0.5, 0.6) is 0 Å². The van der Waals surface area contributed by atoms with E-state index >= 15 is 0 Å². The Hall–Kier alpha value is -0.470. The highest BCUT2D eigenvalue weighted by molar-refractivity contribution is 8.00. The summed E-state index contributed by atoms with van der Waals surface area (Å²) in [6, 6.07) is 8.86. The fourth-order valence-corrected chi connectivity index (χ4v) is 3.76. The van der Waals surface area contributed by atoms with Crippen molar-refractivity contribution in [3.63, 3.8) is 0 Å². The lowest BCUT2D eigenvalue weighted by Crippen LogP contribution is -2.13. The summed E-state index contributed by atoms with van der Waals surface area (Å²) in [4.78, 5) is 1.49. The molecule has 1 aromatic carbocycles. The molecular formula is C15H23NS. The first-order valence-corrected chi connectivity index (χ1v) is 7.73. The van der Waals surface area contributed by atoms with Gasteiger partial charge in [0.05, 0.1) is 0 Å². The van der Waals surface area contributed by atoms with Crippen molar-refractivity contribution in [3.05, 3.63) is 29.8 Å². The maximum Gasteiger partial charge on any atom is 0.0216 e. The predicted octanol–water partition coefficient (Wildman–Crippen LogP) is 4.22. The van der Waals surface area contributed by atoms with Crippen LogP contribution in [-0.4, -0.2) is 11.8 Å². The zero-order valence-corrected chi connectivity index (χ0v) is 11.6. The third kappa shape index (κ3) is 4.04. The normalized spacial score (nSPS) is 17.2. The van der Waals surface area contributed by atoms with Crippen molar-refractivity contribution in [2.24, 2.45) is 0 Å². The number of thioether (sulfide) groups is 1. The fraction of sp³-hybridized carbons (Fsp3) is 0.600. The topological polar surface area (TPSA) is 12.0 Å². The molecule has 2 rings (SSSR count). The summed E-state index contributed by atoms with van der Waals surface area (Å²) in [5, 5.41) is 4.28. The van der Waals surface area contributed by atoms with Gasteiger partial charge in [0.2, 0.25) is 0 Å². The van der Waals surface area contributed by atoms with Crippen LogP contribution in [0.4, 0.5) is 0 Å². The first-order chi connectivity index (χ1) is 8.40. The summed E-state index contributed by atoms with van der Waals surface area (Å²) in [5.41, 5.74) is 1.46. The van der Waals surface area contributed by atoms with Gasteiger partial charge in [-0.25, -0.2) is 0 Å². The van der Waals surface area contributed by atoms with Gasteiger partial charge < -0.3 is 5.32 Å². The van der Waals surface area contributed by atoms with Crippen molar-refractivity contribution in [2.75, 3.05) is 6.54 Å². The summed E-state index contributed by atoms with van der Waals surface area (Å²) < 4.78 is 0. The molecule has 1 saturated carbocycles. The van der Waals surface area contributed by atoms with Gasteiger partial charge in [-0.2, -0.15) is 0 Å². The Balaban J connectivity index is 1.98. The second-order valence-electron chi connectivity index (χ2n) is 4.77. The van der Waals surface area contributed by atoms with E-state index in [2.05, 4.69) is 48.3 Å². The van der Waals surface area contributed by atoms with Crippen LogP contribution in [0.1, 0.15) is 44.6 Å². The lowest BCUT2D eigenvalue weighted by molar-refractivity contribution is 0.516. The van der Waals surface area contributed by atoms with Crippen LogP contribution in [0.15, 0.2) is 29.2 Å². The molecule has 0 aromatic heterocycles. The summed E-state index contributed by atoms with van der Waals surface area (Å²) >= 11 is 2.10. The average Bonchev–Trinajstić information content (AvgIpc) is 2.39. The molecule has 2 heteroatoms. The number of benzene rings is 1. The van der Waals surface area contributed by atoms with Crippen LogP contribution in [0, 0.1) is 0 Å². The van der Waals surface area contributed by atoms with E-state index in [0.29, 0.717) is 0 Å². The van der Waals surface area contributed by atoms with Gasteiger partial charge in [-0.15, -0.1) is 11.8 Å². The third-order valence-electron chi connectivity index (χ3n) is 3.38. The molecule has 0 amide bonds. The quantitative estimate of drug-likeness (QED) is 0.838. The Morgan fingerprint density at radius 3 is 2.71 bits per heavy atom. The maximum absolute atomic E-state index is 3.43. The number of hydrogen-bond donors (Lipinski definition) is 1. The number of nitrogens with one attached hydrogen (secondary N) is 1. The molecule has 0 heterocycles. The van der Waals surface area contributed by atoms with Gasteiger partial charge in [-0.3, -0.25) is 0 Å². The number of rotatable bonds is 5. The van der Waals surface area contributed by atoms with E-state index in [-0.39, 0.29) is 0 Å². The van der Waals surface area contributed by atoms with Crippen molar-refractivity contribution in [2.45, 2.75) is 55.7 Å². The van der Waals surface area contributed by atoms with Crippen LogP contribution in [0.25, 0.3) is 0 Å². The molecule has 0 saturated heterocycles. The molecule has 17 heavy (non-hydrogen) atoms. The van der Waals surface area contributed by atoms with E-state index in [1.165, 1.54) is 42.6 Å². The van der Waals surface area contributed by atoms with Gasteiger partial charge in [-0.05, 0) is 31.0 Å². The summed E-state index contributed by atoms with van der Waals surface area (Å²) in [7, 11) is 0. The van der Waals surface area contributed by atoms with Crippen LogP contribution in [0.3, 0.4) is 0 Å². The Morgan fingerprint density at radius 2 is 1.94 bits per heavy atom. The van der Waals surface area contributed by atoms with E-state index < -0.39 is 0 Å². The first kappa shape index (κ1) is 13.0. The van der Waals surface area contributed by atoms with Gasteiger partial charge in [0.15, 0.2) is 0 Å². The highest BCUT2D eigenvalue weighted by Crippen LogP contribution is 2.35. The van der Waals surface area contributed by atoms with E-state index in [1.54, 1.807) is 0 Å². The van der Waals surface area contributed by atoms with Crippen LogP contribution >= 0.6 is 11.8 Å². The second-order valence-corrected chi connectivity index (χ2v) is 6.11. The average molecular weight is 249 g/mol. The Labute approximate surface area is 109 Å². The Morgan fingerprint density at radius 1 is 1.18 bits per heavy atom. The molecular weight excluding hydrogens is 226 g/mol. The molecule has 1 nitrogen and oxygen atoms in total. The second kappa shape index (κ2) is 7.07. The molecule has 1 aromatic rings. The molecule has 1 aliphatic carbocycles. The molecule has 0 spiro atoms. The summed E-state index contributed by atoms with van der Waals surface area (Å²) in [6.45, 7) is 4.21. The SMILES string of the molecule is CCNCc1ccccc1SC1CCCCC1. The van der Waals surface area contributed by atoms with Crippen LogP contribution < -0.4 is 5.32 Å². The van der Waals surface area contributed by atoms with Crippen molar-refractivity contribution >= 4 is 11.8 Å². The lowest BCUT2D eigenvalue weighted by Gasteiger charge is -2.22. The van der Waals surface area contributed by atoms with Crippen LogP contribution in [0.2, 0.25) is 0 Å². The van der Waals surface area contributed by atoms with Gasteiger partial charge in [0, 0.05) is 16.7 Å². The van der Waals surface area contributed by atoms with Gasteiger partial charge in [0.25, 0.3) is 0 Å². The predicted molar refractivity (Wildman–Crippen MR) is 76.6 cm³/mol. The van der Waals surface area contributed by atoms with Crippen molar-refractivity contribution < 1.29 is 0 Å². The highest BCUT2D eigenvalue weighted by Gasteiger charge is 2.15. The Kier molecular flexibility index (Phi) is 5.40. The minimum absolute atomic E-state index is 0.853. The highest BCUT2D eigenvalue weighted by atomic mass is 32.2. The fourth-order valence-electron chi connectivity index (χ4n) is 2.39. The standard InChI is InChI=1S/C15H23NS/c1-2-16-12-13-8-6-7-11-15(13)17-14-9-4-3-5-10-14/h6-8,11,14,16H,2-5,9-10,12H2,1H3. The van der Waals surface area contributed by atoms with Gasteiger partial charge in [0.1, 0.15) is 0 Å². The molecule has 0 radical (unpaired) electrons. The lowest BCUT2D eigenvalue weighted by atomic mass is 10.0. The van der Waals surface area contributed by atoms with Gasteiger partial charge in [-0.1, -0.05) is 44.4 Å². The van der Waals surface area contributed by atoms with E-state index in [9.17, 15) is 0 Å². The molecule has 1 fully saturated rings. The smallest absolute Gasteiger partial charge is 0.0216 e. The van der Waals surface area contributed by atoms with Crippen molar-refractivity contribution in [1.82, 2.24) is 5.32 Å². The monoisotopic (exact) mass is 249 g/mol. The maximum atomic E-state index is 3.43.